The van der Waals surface area contributed by atoms with E-state index < -0.39 is 0 Å². The molecule has 0 saturated carbocycles. The first kappa shape index (κ1) is 10.6. The lowest BCUT2D eigenvalue weighted by atomic mass is 10.1. The van der Waals surface area contributed by atoms with Crippen LogP contribution in [0.4, 0.5) is 0 Å². The molecule has 2 rings (SSSR count). The first-order valence-corrected chi connectivity index (χ1v) is 5.33. The van der Waals surface area contributed by atoms with Crippen molar-refractivity contribution < 1.29 is 4.79 Å². The van der Waals surface area contributed by atoms with Gasteiger partial charge in [-0.3, -0.25) is 4.79 Å². The number of hydrogen-bond donors (Lipinski definition) is 1. The second-order valence-electron chi connectivity index (χ2n) is 4.03. The van der Waals surface area contributed by atoms with Crippen molar-refractivity contribution >= 4 is 5.78 Å². The molecule has 1 aromatic heterocycles. The number of aromatic nitrogens is 2. The summed E-state index contributed by atoms with van der Waals surface area (Å²) in [6.07, 6.45) is 1.70. The van der Waals surface area contributed by atoms with Gasteiger partial charge in [-0.15, -0.1) is 0 Å². The molecule has 2 aromatic rings. The van der Waals surface area contributed by atoms with Crippen LogP contribution in [0.25, 0.3) is 11.3 Å². The molecule has 82 valence electrons. The normalized spacial score (nSPS) is 10.7. The lowest BCUT2D eigenvalue weighted by molar-refractivity contribution is 0.0930. The fraction of sp³-hybridized carbons (Fsp3) is 0.231. The van der Waals surface area contributed by atoms with E-state index in [4.69, 9.17) is 0 Å². The number of nitrogens with zero attached hydrogens (tertiary/aromatic N) is 1. The number of carbonyl (C=O) groups is 1. The molecule has 3 heteroatoms. The Balaban J connectivity index is 2.30. The molecule has 0 aliphatic heterocycles. The molecule has 1 aromatic carbocycles. The molecule has 0 spiro atoms. The van der Waals surface area contributed by atoms with Gasteiger partial charge in [0.2, 0.25) is 5.78 Å². The molecule has 0 radical (unpaired) electrons. The largest absolute Gasteiger partial charge is 0.335 e. The summed E-state index contributed by atoms with van der Waals surface area (Å²) in [4.78, 5) is 18.9. The van der Waals surface area contributed by atoms with Gasteiger partial charge in [-0.25, -0.2) is 4.98 Å². The van der Waals surface area contributed by atoms with E-state index in [1.165, 1.54) is 0 Å². The number of benzene rings is 1. The molecule has 1 heterocycles. The number of nitrogens with one attached hydrogen (secondary N) is 1. The predicted octanol–water partition coefficient (Wildman–Crippen LogP) is 2.92. The van der Waals surface area contributed by atoms with Crippen molar-refractivity contribution in [3.05, 3.63) is 42.4 Å². The van der Waals surface area contributed by atoms with E-state index in [2.05, 4.69) is 9.97 Å². The third-order valence-corrected chi connectivity index (χ3v) is 2.42. The summed E-state index contributed by atoms with van der Waals surface area (Å²) in [6, 6.07) is 9.84. The van der Waals surface area contributed by atoms with Gasteiger partial charge in [0.25, 0.3) is 0 Å². The van der Waals surface area contributed by atoms with E-state index in [9.17, 15) is 4.79 Å². The minimum atomic E-state index is -0.0326. The van der Waals surface area contributed by atoms with E-state index in [1.54, 1.807) is 6.20 Å². The van der Waals surface area contributed by atoms with E-state index in [0.717, 1.165) is 11.3 Å². The van der Waals surface area contributed by atoms with Crippen molar-refractivity contribution in [2.24, 2.45) is 5.92 Å². The van der Waals surface area contributed by atoms with Crippen molar-refractivity contribution in [1.29, 1.82) is 0 Å². The fourth-order valence-corrected chi connectivity index (χ4v) is 1.48. The Morgan fingerprint density at radius 3 is 2.56 bits per heavy atom. The molecule has 0 amide bonds. The van der Waals surface area contributed by atoms with E-state index in [-0.39, 0.29) is 11.7 Å². The smallest absolute Gasteiger partial charge is 0.200 e. The minimum absolute atomic E-state index is 0.0326. The molecular weight excluding hydrogens is 200 g/mol. The van der Waals surface area contributed by atoms with Gasteiger partial charge < -0.3 is 4.98 Å². The number of Topliss-reactive ketones (excluding diaryl/α,β-unsaturated/α-hetero) is 1. The summed E-state index contributed by atoms with van der Waals surface area (Å²) >= 11 is 0. The molecule has 0 atom stereocenters. The van der Waals surface area contributed by atoms with Crippen LogP contribution >= 0.6 is 0 Å². The second-order valence-corrected chi connectivity index (χ2v) is 4.03. The molecule has 16 heavy (non-hydrogen) atoms. The highest BCUT2D eigenvalue weighted by Gasteiger charge is 2.14. The van der Waals surface area contributed by atoms with Crippen molar-refractivity contribution in [3.63, 3.8) is 0 Å². The van der Waals surface area contributed by atoms with Gasteiger partial charge in [0, 0.05) is 5.92 Å². The number of ketones is 1. The summed E-state index contributed by atoms with van der Waals surface area (Å²) in [7, 11) is 0. The zero-order chi connectivity index (χ0) is 11.5. The quantitative estimate of drug-likeness (QED) is 0.798. The van der Waals surface area contributed by atoms with Gasteiger partial charge in [0.05, 0.1) is 11.9 Å². The lowest BCUT2D eigenvalue weighted by Crippen LogP contribution is -2.09. The van der Waals surface area contributed by atoms with Crippen LogP contribution in [0.1, 0.15) is 24.5 Å². The van der Waals surface area contributed by atoms with Crippen molar-refractivity contribution in [2.75, 3.05) is 0 Å². The number of hydrogen-bond acceptors (Lipinski definition) is 2. The van der Waals surface area contributed by atoms with Gasteiger partial charge in [-0.2, -0.15) is 0 Å². The number of imidazole rings is 1. The Morgan fingerprint density at radius 1 is 1.25 bits per heavy atom. The van der Waals surface area contributed by atoms with Crippen LogP contribution < -0.4 is 0 Å². The second kappa shape index (κ2) is 4.31. The predicted molar refractivity (Wildman–Crippen MR) is 63.2 cm³/mol. The van der Waals surface area contributed by atoms with Gasteiger partial charge in [0.1, 0.15) is 0 Å². The van der Waals surface area contributed by atoms with Crippen molar-refractivity contribution in [2.45, 2.75) is 13.8 Å². The van der Waals surface area contributed by atoms with Crippen molar-refractivity contribution in [3.8, 4) is 11.3 Å². The summed E-state index contributed by atoms with van der Waals surface area (Å²) in [5.74, 6) is 0.450. The molecule has 0 fully saturated rings. The maximum absolute atomic E-state index is 11.7. The molecule has 0 bridgehead atoms. The highest BCUT2D eigenvalue weighted by Crippen LogP contribution is 2.17. The summed E-state index contributed by atoms with van der Waals surface area (Å²) < 4.78 is 0. The molecule has 0 aliphatic rings. The third-order valence-electron chi connectivity index (χ3n) is 2.42. The molecule has 0 saturated heterocycles. The van der Waals surface area contributed by atoms with Crippen molar-refractivity contribution in [1.82, 2.24) is 9.97 Å². The van der Waals surface area contributed by atoms with E-state index in [0.29, 0.717) is 5.82 Å². The maximum atomic E-state index is 11.7. The number of rotatable bonds is 3. The maximum Gasteiger partial charge on any atom is 0.200 e. The van der Waals surface area contributed by atoms with Crippen LogP contribution in [0.3, 0.4) is 0 Å². The fourth-order valence-electron chi connectivity index (χ4n) is 1.48. The Labute approximate surface area is 94.5 Å². The number of H-pyrrole nitrogens is 1. The van der Waals surface area contributed by atoms with Gasteiger partial charge in [0.15, 0.2) is 5.82 Å². The SMILES string of the molecule is CC(C)C(=O)c1ncc(-c2ccccc2)[nH]1. The monoisotopic (exact) mass is 214 g/mol. The molecule has 0 unspecified atom stereocenters. The summed E-state index contributed by atoms with van der Waals surface area (Å²) in [5.41, 5.74) is 1.92. The van der Waals surface area contributed by atoms with Crippen LogP contribution in [0.2, 0.25) is 0 Å². The number of carbonyl (C=O) groups excluding carboxylic acids is 1. The molecule has 0 aliphatic carbocycles. The Morgan fingerprint density at radius 2 is 1.94 bits per heavy atom. The zero-order valence-corrected chi connectivity index (χ0v) is 9.40. The van der Waals surface area contributed by atoms with Crippen LogP contribution in [0.5, 0.6) is 0 Å². The highest BCUT2D eigenvalue weighted by molar-refractivity contribution is 5.94. The summed E-state index contributed by atoms with van der Waals surface area (Å²) in [6.45, 7) is 3.74. The first-order valence-electron chi connectivity index (χ1n) is 5.33. The minimum Gasteiger partial charge on any atom is -0.335 e. The first-order chi connectivity index (χ1) is 7.68. The zero-order valence-electron chi connectivity index (χ0n) is 9.40. The van der Waals surface area contributed by atoms with Gasteiger partial charge in [-0.05, 0) is 5.56 Å². The lowest BCUT2D eigenvalue weighted by Gasteiger charge is -1.99. The highest BCUT2D eigenvalue weighted by atomic mass is 16.1. The Hall–Kier alpha value is -1.90. The van der Waals surface area contributed by atoms with Gasteiger partial charge in [-0.1, -0.05) is 44.2 Å². The van der Waals surface area contributed by atoms with E-state index >= 15 is 0 Å². The van der Waals surface area contributed by atoms with Crippen LogP contribution in [-0.4, -0.2) is 15.8 Å². The van der Waals surface area contributed by atoms with Gasteiger partial charge >= 0.3 is 0 Å². The average Bonchev–Trinajstić information content (AvgIpc) is 2.78. The average molecular weight is 214 g/mol. The Kier molecular flexibility index (Phi) is 2.86. The summed E-state index contributed by atoms with van der Waals surface area (Å²) in [5, 5.41) is 0. The van der Waals surface area contributed by atoms with Crippen LogP contribution in [0.15, 0.2) is 36.5 Å². The molecule has 1 N–H and O–H groups in total. The van der Waals surface area contributed by atoms with Crippen LogP contribution in [0, 0.1) is 5.92 Å². The number of aromatic amines is 1. The third kappa shape index (κ3) is 2.03. The van der Waals surface area contributed by atoms with E-state index in [1.807, 2.05) is 44.2 Å². The molecular formula is C13H14N2O. The Bertz CT molecular complexity index is 486. The molecule has 3 nitrogen and oxygen atoms in total. The standard InChI is InChI=1S/C13H14N2O/c1-9(2)12(16)13-14-8-11(15-13)10-6-4-3-5-7-10/h3-9H,1-2H3,(H,14,15). The topological polar surface area (TPSA) is 45.8 Å². The van der Waals surface area contributed by atoms with Crippen LogP contribution in [-0.2, 0) is 0 Å².